The van der Waals surface area contributed by atoms with Crippen LogP contribution in [0.3, 0.4) is 0 Å². The first-order chi connectivity index (χ1) is 14.8. The van der Waals surface area contributed by atoms with E-state index >= 15 is 0 Å². The smallest absolute Gasteiger partial charge is 0.395 e. The lowest BCUT2D eigenvalue weighted by atomic mass is 9.95. The van der Waals surface area contributed by atoms with Gasteiger partial charge in [0.1, 0.15) is 5.82 Å². The van der Waals surface area contributed by atoms with E-state index in [1.807, 2.05) is 0 Å². The van der Waals surface area contributed by atoms with Gasteiger partial charge in [-0.1, -0.05) is 18.2 Å². The Hall–Kier alpha value is -3.37. The van der Waals surface area contributed by atoms with Gasteiger partial charge in [0.15, 0.2) is 0 Å². The highest BCUT2D eigenvalue weighted by atomic mass is 19.4. The summed E-state index contributed by atoms with van der Waals surface area (Å²) in [4.78, 5) is 8.46. The maximum Gasteiger partial charge on any atom is 0.417 e. The molecule has 7 nitrogen and oxygen atoms in total. The van der Waals surface area contributed by atoms with Crippen molar-refractivity contribution in [2.75, 3.05) is 30.8 Å². The lowest BCUT2D eigenvalue weighted by Gasteiger charge is -2.17. The van der Waals surface area contributed by atoms with Gasteiger partial charge in [0.25, 0.3) is 0 Å². The zero-order valence-corrected chi connectivity index (χ0v) is 16.3. The number of aliphatic hydroxyl groups is 2. The number of hydrogen-bond donors (Lipinski definition) is 4. The zero-order chi connectivity index (χ0) is 22.2. The van der Waals surface area contributed by atoms with Crippen LogP contribution in [0.2, 0.25) is 0 Å². The molecule has 0 aliphatic carbocycles. The molecular weight excluding hydrogens is 411 g/mol. The number of alkyl halides is 3. The largest absolute Gasteiger partial charge is 0.417 e. The molecule has 4 aromatic rings. The molecule has 0 saturated carbocycles. The van der Waals surface area contributed by atoms with Crippen LogP contribution in [0, 0.1) is 0 Å². The number of anilines is 2. The molecule has 0 atom stereocenters. The van der Waals surface area contributed by atoms with Gasteiger partial charge < -0.3 is 25.8 Å². The highest BCUT2D eigenvalue weighted by Crippen LogP contribution is 2.42. The van der Waals surface area contributed by atoms with Crippen LogP contribution in [-0.2, 0) is 12.7 Å². The molecule has 4 rings (SSSR count). The molecule has 2 heterocycles. The topological polar surface area (TPSA) is 109 Å². The van der Waals surface area contributed by atoms with E-state index in [9.17, 15) is 23.4 Å². The van der Waals surface area contributed by atoms with Crippen LogP contribution in [0.25, 0.3) is 32.9 Å². The molecule has 0 bridgehead atoms. The van der Waals surface area contributed by atoms with Crippen LogP contribution in [0.1, 0.15) is 5.56 Å². The fraction of sp³-hybridized carbons (Fsp3) is 0.238. The molecule has 0 unspecified atom stereocenters. The predicted octanol–water partition coefficient (Wildman–Crippen LogP) is 3.25. The summed E-state index contributed by atoms with van der Waals surface area (Å²) >= 11 is 0. The van der Waals surface area contributed by atoms with Crippen LogP contribution in [-0.4, -0.2) is 44.5 Å². The first kappa shape index (κ1) is 20.9. The molecule has 162 valence electrons. The Labute approximate surface area is 175 Å². The second-order valence-corrected chi connectivity index (χ2v) is 6.94. The van der Waals surface area contributed by atoms with Crippen molar-refractivity contribution in [2.24, 2.45) is 0 Å². The molecule has 0 fully saturated rings. The predicted molar refractivity (Wildman–Crippen MR) is 113 cm³/mol. The van der Waals surface area contributed by atoms with Crippen molar-refractivity contribution in [3.05, 3.63) is 48.2 Å². The van der Waals surface area contributed by atoms with Crippen LogP contribution >= 0.6 is 0 Å². The summed E-state index contributed by atoms with van der Waals surface area (Å²) in [5.41, 5.74) is 6.27. The lowest BCUT2D eigenvalue weighted by molar-refractivity contribution is -0.137. The minimum atomic E-state index is -4.55. The standard InChI is InChI=1S/C21H20F3N5O2/c22-21(23,24)15-4-2-1-3-12(15)14-11-16-17(13-5-7-29(8-10-31)18(13)14)19(26-6-9-30)28-20(25)27-16/h1-5,7,11,30-31H,6,8-10H2,(H3,25,26,27,28). The Bertz CT molecular complexity index is 1250. The second kappa shape index (κ2) is 8.05. The number of nitrogen functional groups attached to an aromatic ring is 1. The number of nitrogens with zero attached hydrogens (tertiary/aromatic N) is 3. The Balaban J connectivity index is 2.12. The number of halogens is 3. The van der Waals surface area contributed by atoms with E-state index < -0.39 is 11.7 Å². The van der Waals surface area contributed by atoms with Crippen LogP contribution < -0.4 is 11.1 Å². The third-order valence-electron chi connectivity index (χ3n) is 4.99. The summed E-state index contributed by atoms with van der Waals surface area (Å²) in [5, 5.41) is 22.8. The summed E-state index contributed by atoms with van der Waals surface area (Å²) in [6.45, 7) is 0.0849. The quantitative estimate of drug-likeness (QED) is 0.373. The van der Waals surface area contributed by atoms with Crippen molar-refractivity contribution in [3.63, 3.8) is 0 Å². The summed E-state index contributed by atoms with van der Waals surface area (Å²) in [6, 6.07) is 8.63. The molecule has 31 heavy (non-hydrogen) atoms. The number of fused-ring (bicyclic) bond motifs is 3. The number of nitrogens with one attached hydrogen (secondary N) is 1. The number of nitrogens with two attached hydrogens (primary N) is 1. The van der Waals surface area contributed by atoms with Crippen LogP contribution in [0.4, 0.5) is 24.9 Å². The third kappa shape index (κ3) is 3.75. The Kier molecular flexibility index (Phi) is 5.42. The molecule has 0 aliphatic heterocycles. The van der Waals surface area contributed by atoms with E-state index in [2.05, 4.69) is 15.3 Å². The molecule has 2 aromatic carbocycles. The van der Waals surface area contributed by atoms with Gasteiger partial charge >= 0.3 is 6.18 Å². The van der Waals surface area contributed by atoms with E-state index in [0.29, 0.717) is 33.2 Å². The average molecular weight is 431 g/mol. The molecule has 0 spiro atoms. The summed E-state index contributed by atoms with van der Waals surface area (Å²) in [6.07, 6.45) is -2.85. The molecule has 0 amide bonds. The van der Waals surface area contributed by atoms with Crippen molar-refractivity contribution in [1.29, 1.82) is 0 Å². The average Bonchev–Trinajstić information content (AvgIpc) is 3.14. The molecule has 0 radical (unpaired) electrons. The Morgan fingerprint density at radius 1 is 1.03 bits per heavy atom. The van der Waals surface area contributed by atoms with E-state index in [4.69, 9.17) is 5.73 Å². The van der Waals surface area contributed by atoms with E-state index in [0.717, 1.165) is 6.07 Å². The fourth-order valence-corrected chi connectivity index (χ4v) is 3.81. The van der Waals surface area contributed by atoms with Gasteiger partial charge in [-0.15, -0.1) is 0 Å². The number of aliphatic hydroxyl groups excluding tert-OH is 2. The van der Waals surface area contributed by atoms with Gasteiger partial charge in [-0.05, 0) is 23.8 Å². The maximum absolute atomic E-state index is 13.8. The van der Waals surface area contributed by atoms with Crippen molar-refractivity contribution >= 4 is 33.6 Å². The minimum absolute atomic E-state index is 0.00170. The lowest BCUT2D eigenvalue weighted by Crippen LogP contribution is -2.10. The van der Waals surface area contributed by atoms with Crippen LogP contribution in [0.5, 0.6) is 0 Å². The number of aromatic nitrogens is 3. The van der Waals surface area contributed by atoms with Gasteiger partial charge in [0.05, 0.1) is 35.2 Å². The number of benzene rings is 2. The zero-order valence-electron chi connectivity index (χ0n) is 16.3. The SMILES string of the molecule is Nc1nc(NCCO)c2c(cc(-c3ccccc3C(F)(F)F)c3c2ccn3CCO)n1. The number of hydrogen-bond acceptors (Lipinski definition) is 6. The molecule has 10 heteroatoms. The highest BCUT2D eigenvalue weighted by Gasteiger charge is 2.34. The maximum atomic E-state index is 13.8. The molecule has 2 aromatic heterocycles. The first-order valence-corrected chi connectivity index (χ1v) is 9.56. The van der Waals surface area contributed by atoms with Crippen LogP contribution in [0.15, 0.2) is 42.6 Å². The normalized spacial score (nSPS) is 12.0. The van der Waals surface area contributed by atoms with Gasteiger partial charge in [-0.2, -0.15) is 18.2 Å². The van der Waals surface area contributed by atoms with Gasteiger partial charge in [-0.25, -0.2) is 4.98 Å². The van der Waals surface area contributed by atoms with Crippen molar-refractivity contribution in [2.45, 2.75) is 12.7 Å². The van der Waals surface area contributed by atoms with E-state index in [1.165, 1.54) is 12.1 Å². The van der Waals surface area contributed by atoms with E-state index in [-0.39, 0.29) is 37.8 Å². The minimum Gasteiger partial charge on any atom is -0.395 e. The molecule has 0 aliphatic rings. The second-order valence-electron chi connectivity index (χ2n) is 6.94. The molecule has 0 saturated heterocycles. The summed E-state index contributed by atoms with van der Waals surface area (Å²) in [5.74, 6) is 0.330. The Morgan fingerprint density at radius 3 is 2.52 bits per heavy atom. The van der Waals surface area contributed by atoms with Crippen molar-refractivity contribution < 1.29 is 23.4 Å². The van der Waals surface area contributed by atoms with Gasteiger partial charge in [-0.3, -0.25) is 0 Å². The van der Waals surface area contributed by atoms with E-state index in [1.54, 1.807) is 29.0 Å². The van der Waals surface area contributed by atoms with Gasteiger partial charge in [0.2, 0.25) is 5.95 Å². The first-order valence-electron chi connectivity index (χ1n) is 9.56. The Morgan fingerprint density at radius 2 is 1.81 bits per heavy atom. The summed E-state index contributed by atoms with van der Waals surface area (Å²) in [7, 11) is 0. The molecule has 5 N–H and O–H groups in total. The van der Waals surface area contributed by atoms with Gasteiger partial charge in [0, 0.05) is 30.2 Å². The highest BCUT2D eigenvalue weighted by molar-refractivity contribution is 6.16. The monoisotopic (exact) mass is 431 g/mol. The molecular formula is C21H20F3N5O2. The third-order valence-corrected chi connectivity index (χ3v) is 4.99. The van der Waals surface area contributed by atoms with Crippen molar-refractivity contribution in [3.8, 4) is 11.1 Å². The summed E-state index contributed by atoms with van der Waals surface area (Å²) < 4.78 is 43.0. The number of rotatable bonds is 6. The fourth-order valence-electron chi connectivity index (χ4n) is 3.81. The van der Waals surface area contributed by atoms with Crippen molar-refractivity contribution in [1.82, 2.24) is 14.5 Å².